The van der Waals surface area contributed by atoms with E-state index in [0.29, 0.717) is 5.11 Å². The molecule has 2 aromatic rings. The summed E-state index contributed by atoms with van der Waals surface area (Å²) in [6.45, 7) is 8.21. The zero-order valence-electron chi connectivity index (χ0n) is 13.4. The average Bonchev–Trinajstić information content (AvgIpc) is 2.50. The zero-order valence-corrected chi connectivity index (χ0v) is 14.2. The van der Waals surface area contributed by atoms with E-state index in [-0.39, 0.29) is 0 Å². The van der Waals surface area contributed by atoms with Gasteiger partial charge in [-0.3, -0.25) is 5.43 Å². The van der Waals surface area contributed by atoms with Gasteiger partial charge < -0.3 is 5.32 Å². The van der Waals surface area contributed by atoms with Gasteiger partial charge in [0.2, 0.25) is 0 Å². The summed E-state index contributed by atoms with van der Waals surface area (Å²) in [5.41, 5.74) is 9.55. The standard InChI is InChI=1S/C18H21N3S/c1-12-9-10-16(11-14(12)3)15(4)20-21-18(22)19-17-8-6-5-7-13(17)2/h5-11H,1-4H3,(H2,19,21,22)/b20-15-. The Balaban J connectivity index is 2.02. The first kappa shape index (κ1) is 16.2. The van der Waals surface area contributed by atoms with E-state index in [1.54, 1.807) is 0 Å². The van der Waals surface area contributed by atoms with Crippen LogP contribution >= 0.6 is 12.2 Å². The Kier molecular flexibility index (Phi) is 5.28. The number of nitrogens with zero attached hydrogens (tertiary/aromatic N) is 1. The molecule has 0 saturated carbocycles. The van der Waals surface area contributed by atoms with Crippen LogP contribution in [0, 0.1) is 20.8 Å². The van der Waals surface area contributed by atoms with Crippen molar-refractivity contribution in [2.45, 2.75) is 27.7 Å². The van der Waals surface area contributed by atoms with Gasteiger partial charge in [0.1, 0.15) is 0 Å². The van der Waals surface area contributed by atoms with Crippen LogP contribution in [0.3, 0.4) is 0 Å². The van der Waals surface area contributed by atoms with Crippen molar-refractivity contribution >= 4 is 28.7 Å². The van der Waals surface area contributed by atoms with Gasteiger partial charge in [-0.25, -0.2) is 0 Å². The minimum Gasteiger partial charge on any atom is -0.331 e. The van der Waals surface area contributed by atoms with Crippen LogP contribution in [-0.2, 0) is 0 Å². The number of hydrogen-bond donors (Lipinski definition) is 2. The normalized spacial score (nSPS) is 11.2. The fourth-order valence-corrected chi connectivity index (χ4v) is 2.18. The van der Waals surface area contributed by atoms with Crippen LogP contribution in [0.15, 0.2) is 47.6 Å². The van der Waals surface area contributed by atoms with Gasteiger partial charge in [-0.05, 0) is 74.3 Å². The molecule has 0 aromatic heterocycles. The van der Waals surface area contributed by atoms with Crippen molar-refractivity contribution in [1.29, 1.82) is 0 Å². The number of thiocarbonyl (C=S) groups is 1. The Morgan fingerprint density at radius 1 is 0.955 bits per heavy atom. The summed E-state index contributed by atoms with van der Waals surface area (Å²) in [5, 5.41) is 7.99. The molecule has 2 aromatic carbocycles. The highest BCUT2D eigenvalue weighted by atomic mass is 32.1. The number of benzene rings is 2. The number of rotatable bonds is 3. The molecule has 0 fully saturated rings. The van der Waals surface area contributed by atoms with E-state index >= 15 is 0 Å². The molecule has 0 aliphatic heterocycles. The predicted molar refractivity (Wildman–Crippen MR) is 98.7 cm³/mol. The Hall–Kier alpha value is -2.20. The summed E-state index contributed by atoms with van der Waals surface area (Å²) in [6.07, 6.45) is 0. The maximum Gasteiger partial charge on any atom is 0.191 e. The molecule has 0 spiro atoms. The lowest BCUT2D eigenvalue weighted by Crippen LogP contribution is -2.25. The highest BCUT2D eigenvalue weighted by Gasteiger charge is 2.02. The van der Waals surface area contributed by atoms with Gasteiger partial charge in [0.05, 0.1) is 5.71 Å². The molecule has 3 nitrogen and oxygen atoms in total. The van der Waals surface area contributed by atoms with Crippen LogP contribution < -0.4 is 10.7 Å². The summed E-state index contributed by atoms with van der Waals surface area (Å²) in [6, 6.07) is 14.3. The monoisotopic (exact) mass is 311 g/mol. The number of para-hydroxylation sites is 1. The molecule has 4 heteroatoms. The number of aryl methyl sites for hydroxylation is 3. The molecule has 0 unspecified atom stereocenters. The van der Waals surface area contributed by atoms with Crippen LogP contribution in [0.5, 0.6) is 0 Å². The van der Waals surface area contributed by atoms with Crippen molar-refractivity contribution in [1.82, 2.24) is 5.43 Å². The Morgan fingerprint density at radius 3 is 2.36 bits per heavy atom. The molecule has 0 heterocycles. The largest absolute Gasteiger partial charge is 0.331 e. The van der Waals surface area contributed by atoms with Gasteiger partial charge in [-0.1, -0.05) is 30.3 Å². The lowest BCUT2D eigenvalue weighted by Gasteiger charge is -2.10. The Bertz CT molecular complexity index is 720. The van der Waals surface area contributed by atoms with Gasteiger partial charge >= 0.3 is 0 Å². The minimum atomic E-state index is 0.484. The number of anilines is 1. The van der Waals surface area contributed by atoms with E-state index in [2.05, 4.69) is 47.9 Å². The molecule has 0 bridgehead atoms. The van der Waals surface area contributed by atoms with Crippen molar-refractivity contribution in [3.63, 3.8) is 0 Å². The maximum atomic E-state index is 5.28. The molecular weight excluding hydrogens is 290 g/mol. The van der Waals surface area contributed by atoms with Gasteiger partial charge in [0.25, 0.3) is 0 Å². The highest BCUT2D eigenvalue weighted by Crippen LogP contribution is 2.13. The van der Waals surface area contributed by atoms with E-state index < -0.39 is 0 Å². The SMILES string of the molecule is C/C(=N/NC(=S)Nc1ccccc1C)c1ccc(C)c(C)c1. The van der Waals surface area contributed by atoms with Crippen LogP contribution in [0.4, 0.5) is 5.69 Å². The molecular formula is C18H21N3S. The summed E-state index contributed by atoms with van der Waals surface area (Å²) in [7, 11) is 0. The number of hydrazone groups is 1. The summed E-state index contributed by atoms with van der Waals surface area (Å²) in [5.74, 6) is 0. The van der Waals surface area contributed by atoms with Gasteiger partial charge in [-0.15, -0.1) is 0 Å². The summed E-state index contributed by atoms with van der Waals surface area (Å²) < 4.78 is 0. The molecule has 114 valence electrons. The Morgan fingerprint density at radius 2 is 1.68 bits per heavy atom. The first-order chi connectivity index (χ1) is 10.5. The molecule has 22 heavy (non-hydrogen) atoms. The first-order valence-corrected chi connectivity index (χ1v) is 7.62. The van der Waals surface area contributed by atoms with E-state index in [0.717, 1.165) is 22.5 Å². The van der Waals surface area contributed by atoms with Crippen molar-refractivity contribution in [2.24, 2.45) is 5.10 Å². The lowest BCUT2D eigenvalue weighted by molar-refractivity contribution is 1.04. The minimum absolute atomic E-state index is 0.484. The predicted octanol–water partition coefficient (Wildman–Crippen LogP) is 4.32. The van der Waals surface area contributed by atoms with Gasteiger partial charge in [0, 0.05) is 5.69 Å². The van der Waals surface area contributed by atoms with Gasteiger partial charge in [-0.2, -0.15) is 5.10 Å². The maximum absolute atomic E-state index is 5.28. The molecule has 0 atom stereocenters. The molecule has 0 saturated heterocycles. The van der Waals surface area contributed by atoms with Crippen LogP contribution in [-0.4, -0.2) is 10.8 Å². The smallest absolute Gasteiger partial charge is 0.191 e. The van der Waals surface area contributed by atoms with Crippen molar-refractivity contribution in [3.05, 3.63) is 64.7 Å². The van der Waals surface area contributed by atoms with E-state index in [1.807, 2.05) is 38.1 Å². The molecule has 0 amide bonds. The third-order valence-corrected chi connectivity index (χ3v) is 3.84. The van der Waals surface area contributed by atoms with E-state index in [9.17, 15) is 0 Å². The topological polar surface area (TPSA) is 36.4 Å². The first-order valence-electron chi connectivity index (χ1n) is 7.22. The van der Waals surface area contributed by atoms with Crippen molar-refractivity contribution in [3.8, 4) is 0 Å². The third kappa shape index (κ3) is 4.15. The third-order valence-electron chi connectivity index (χ3n) is 3.64. The molecule has 0 aliphatic carbocycles. The van der Waals surface area contributed by atoms with Crippen molar-refractivity contribution < 1.29 is 0 Å². The van der Waals surface area contributed by atoms with Crippen LogP contribution in [0.2, 0.25) is 0 Å². The van der Waals surface area contributed by atoms with Crippen molar-refractivity contribution in [2.75, 3.05) is 5.32 Å². The zero-order chi connectivity index (χ0) is 16.1. The lowest BCUT2D eigenvalue weighted by atomic mass is 10.0. The summed E-state index contributed by atoms with van der Waals surface area (Å²) >= 11 is 5.28. The molecule has 0 aliphatic rings. The molecule has 2 rings (SSSR count). The summed E-state index contributed by atoms with van der Waals surface area (Å²) in [4.78, 5) is 0. The molecule has 0 radical (unpaired) electrons. The fraction of sp³-hybridized carbons (Fsp3) is 0.222. The second-order valence-electron chi connectivity index (χ2n) is 5.38. The van der Waals surface area contributed by atoms with Crippen LogP contribution in [0.1, 0.15) is 29.2 Å². The second-order valence-corrected chi connectivity index (χ2v) is 5.79. The van der Waals surface area contributed by atoms with E-state index in [1.165, 1.54) is 11.1 Å². The fourth-order valence-electron chi connectivity index (χ4n) is 2.03. The average molecular weight is 311 g/mol. The van der Waals surface area contributed by atoms with Gasteiger partial charge in [0.15, 0.2) is 5.11 Å². The number of nitrogens with one attached hydrogen (secondary N) is 2. The quantitative estimate of drug-likeness (QED) is 0.503. The Labute approximate surface area is 137 Å². The van der Waals surface area contributed by atoms with E-state index in [4.69, 9.17) is 12.2 Å². The highest BCUT2D eigenvalue weighted by molar-refractivity contribution is 7.80. The molecule has 2 N–H and O–H groups in total. The van der Waals surface area contributed by atoms with Crippen LogP contribution in [0.25, 0.3) is 0 Å². The number of hydrogen-bond acceptors (Lipinski definition) is 2. The second kappa shape index (κ2) is 7.18.